The van der Waals surface area contributed by atoms with Crippen molar-refractivity contribution >= 4 is 22.6 Å². The third-order valence-corrected chi connectivity index (χ3v) is 3.20. The van der Waals surface area contributed by atoms with E-state index in [1.54, 1.807) is 24.3 Å². The second-order valence-electron chi connectivity index (χ2n) is 4.58. The van der Waals surface area contributed by atoms with E-state index < -0.39 is 5.97 Å². The summed E-state index contributed by atoms with van der Waals surface area (Å²) in [7, 11) is 0. The number of nitrogens with two attached hydrogens (primary N) is 1. The smallest absolute Gasteiger partial charge is 0.335 e. The van der Waals surface area contributed by atoms with Gasteiger partial charge in [0.25, 0.3) is 0 Å². The molecular weight excluding hydrogens is 270 g/mol. The molecule has 0 radical (unpaired) electrons. The summed E-state index contributed by atoms with van der Waals surface area (Å²) in [6, 6.07) is 12.6. The van der Waals surface area contributed by atoms with Crippen LogP contribution in [0.5, 0.6) is 0 Å². The molecule has 0 fully saturated rings. The van der Waals surface area contributed by atoms with Crippen molar-refractivity contribution in [2.45, 2.75) is 0 Å². The maximum atomic E-state index is 12.2. The molecule has 21 heavy (non-hydrogen) atoms. The third-order valence-electron chi connectivity index (χ3n) is 3.20. The number of anilines is 1. The van der Waals surface area contributed by atoms with Gasteiger partial charge in [-0.05, 0) is 30.3 Å². The lowest BCUT2D eigenvalue weighted by Gasteiger charge is -2.06. The van der Waals surface area contributed by atoms with Crippen LogP contribution in [0.3, 0.4) is 0 Å². The first-order chi connectivity index (χ1) is 10.1. The lowest BCUT2D eigenvalue weighted by Crippen LogP contribution is -2.04. The molecule has 2 aromatic carbocycles. The molecule has 3 aromatic rings. The molecule has 0 aliphatic heterocycles. The van der Waals surface area contributed by atoms with Crippen LogP contribution >= 0.6 is 0 Å². The van der Waals surface area contributed by atoms with Crippen LogP contribution in [0.4, 0.5) is 5.69 Å². The Bertz CT molecular complexity index is 912. The lowest BCUT2D eigenvalue weighted by atomic mass is 10.1. The molecule has 1 aromatic heterocycles. The summed E-state index contributed by atoms with van der Waals surface area (Å²) in [5, 5.41) is 9.18. The van der Waals surface area contributed by atoms with Gasteiger partial charge in [-0.3, -0.25) is 4.79 Å². The number of fused-ring (bicyclic) bond motifs is 1. The molecule has 5 nitrogen and oxygen atoms in total. The normalized spacial score (nSPS) is 10.7. The molecule has 1 heterocycles. The summed E-state index contributed by atoms with van der Waals surface area (Å²) in [6.45, 7) is 0. The molecule has 3 N–H and O–H groups in total. The van der Waals surface area contributed by atoms with Crippen molar-refractivity contribution in [3.05, 3.63) is 64.3 Å². The van der Waals surface area contributed by atoms with Crippen LogP contribution in [0.15, 0.2) is 57.7 Å². The Kier molecular flexibility index (Phi) is 2.95. The molecule has 0 aliphatic carbocycles. The fourth-order valence-corrected chi connectivity index (χ4v) is 2.14. The molecule has 0 unspecified atom stereocenters. The summed E-state index contributed by atoms with van der Waals surface area (Å²) in [6.07, 6.45) is 0. The summed E-state index contributed by atoms with van der Waals surface area (Å²) >= 11 is 0. The van der Waals surface area contributed by atoms with E-state index in [4.69, 9.17) is 15.3 Å². The molecule has 0 spiro atoms. The summed E-state index contributed by atoms with van der Waals surface area (Å²) < 4.78 is 5.67. The maximum absolute atomic E-state index is 12.2. The summed E-state index contributed by atoms with van der Waals surface area (Å²) in [5.41, 5.74) is 7.06. The van der Waals surface area contributed by atoms with Gasteiger partial charge in [0.2, 0.25) is 0 Å². The van der Waals surface area contributed by atoms with E-state index in [2.05, 4.69) is 0 Å². The molecular formula is C16H11NO4. The Morgan fingerprint density at radius 2 is 1.86 bits per heavy atom. The van der Waals surface area contributed by atoms with Gasteiger partial charge >= 0.3 is 5.97 Å². The van der Waals surface area contributed by atoms with E-state index >= 15 is 0 Å². The minimum Gasteiger partial charge on any atom is -0.478 e. The summed E-state index contributed by atoms with van der Waals surface area (Å²) in [5.74, 6) is -0.735. The SMILES string of the molecule is Nc1ccccc1-c1cc(=O)c2cc(C(=O)O)ccc2o1. The number of rotatable bonds is 2. The van der Waals surface area contributed by atoms with Crippen molar-refractivity contribution in [3.8, 4) is 11.3 Å². The van der Waals surface area contributed by atoms with Crippen molar-refractivity contribution in [2.24, 2.45) is 0 Å². The van der Waals surface area contributed by atoms with Gasteiger partial charge < -0.3 is 15.3 Å². The van der Waals surface area contributed by atoms with Crippen LogP contribution in [-0.2, 0) is 0 Å². The Morgan fingerprint density at radius 3 is 2.57 bits per heavy atom. The number of carboxylic acids is 1. The van der Waals surface area contributed by atoms with Gasteiger partial charge in [0.1, 0.15) is 11.3 Å². The maximum Gasteiger partial charge on any atom is 0.335 e. The minimum absolute atomic E-state index is 0.0433. The number of para-hydroxylation sites is 1. The van der Waals surface area contributed by atoms with Gasteiger partial charge in [-0.2, -0.15) is 0 Å². The predicted octanol–water partition coefficient (Wildman–Crippen LogP) is 2.74. The minimum atomic E-state index is -1.09. The molecule has 3 rings (SSSR count). The van der Waals surface area contributed by atoms with Gasteiger partial charge in [-0.25, -0.2) is 4.79 Å². The van der Waals surface area contributed by atoms with Crippen molar-refractivity contribution < 1.29 is 14.3 Å². The van der Waals surface area contributed by atoms with E-state index in [1.807, 2.05) is 0 Å². The van der Waals surface area contributed by atoms with Crippen molar-refractivity contribution in [3.63, 3.8) is 0 Å². The number of carbonyl (C=O) groups is 1. The van der Waals surface area contributed by atoms with Crippen LogP contribution in [-0.4, -0.2) is 11.1 Å². The van der Waals surface area contributed by atoms with E-state index in [0.29, 0.717) is 22.6 Å². The van der Waals surface area contributed by atoms with E-state index in [1.165, 1.54) is 24.3 Å². The van der Waals surface area contributed by atoms with Gasteiger partial charge in [-0.15, -0.1) is 0 Å². The monoisotopic (exact) mass is 281 g/mol. The van der Waals surface area contributed by atoms with Crippen LogP contribution in [0.25, 0.3) is 22.3 Å². The number of hydrogen-bond acceptors (Lipinski definition) is 4. The molecule has 0 saturated carbocycles. The van der Waals surface area contributed by atoms with Crippen LogP contribution in [0.2, 0.25) is 0 Å². The van der Waals surface area contributed by atoms with E-state index in [9.17, 15) is 9.59 Å². The first-order valence-electron chi connectivity index (χ1n) is 6.22. The zero-order valence-electron chi connectivity index (χ0n) is 10.9. The highest BCUT2D eigenvalue weighted by atomic mass is 16.4. The van der Waals surface area contributed by atoms with E-state index in [-0.39, 0.29) is 16.4 Å². The Balaban J connectivity index is 2.26. The fourth-order valence-electron chi connectivity index (χ4n) is 2.14. The highest BCUT2D eigenvalue weighted by molar-refractivity contribution is 5.93. The molecule has 0 aliphatic rings. The van der Waals surface area contributed by atoms with Crippen molar-refractivity contribution in [1.29, 1.82) is 0 Å². The summed E-state index contributed by atoms with van der Waals surface area (Å²) in [4.78, 5) is 23.1. The molecule has 104 valence electrons. The second-order valence-corrected chi connectivity index (χ2v) is 4.58. The molecule has 0 amide bonds. The largest absolute Gasteiger partial charge is 0.478 e. The van der Waals surface area contributed by atoms with Gasteiger partial charge in [0, 0.05) is 17.3 Å². The first-order valence-corrected chi connectivity index (χ1v) is 6.22. The topological polar surface area (TPSA) is 93.5 Å². The van der Waals surface area contributed by atoms with E-state index in [0.717, 1.165) is 0 Å². The Hall–Kier alpha value is -3.08. The number of nitrogen functional groups attached to an aromatic ring is 1. The van der Waals surface area contributed by atoms with Crippen LogP contribution in [0, 0.1) is 0 Å². The zero-order chi connectivity index (χ0) is 15.0. The number of aromatic carboxylic acids is 1. The van der Waals surface area contributed by atoms with Crippen LogP contribution in [0.1, 0.15) is 10.4 Å². The molecule has 5 heteroatoms. The van der Waals surface area contributed by atoms with Gasteiger partial charge in [0.05, 0.1) is 10.9 Å². The lowest BCUT2D eigenvalue weighted by molar-refractivity contribution is 0.0697. The zero-order valence-corrected chi connectivity index (χ0v) is 10.9. The second kappa shape index (κ2) is 4.79. The van der Waals surface area contributed by atoms with Crippen molar-refractivity contribution in [2.75, 3.05) is 5.73 Å². The predicted molar refractivity (Wildman–Crippen MR) is 79.3 cm³/mol. The molecule has 0 bridgehead atoms. The van der Waals surface area contributed by atoms with Crippen LogP contribution < -0.4 is 11.2 Å². The third kappa shape index (κ3) is 2.25. The number of hydrogen-bond donors (Lipinski definition) is 2. The standard InChI is InChI=1S/C16H11NO4/c17-12-4-2-1-3-10(12)15-8-13(18)11-7-9(16(19)20)5-6-14(11)21-15/h1-8H,17H2,(H,19,20). The Morgan fingerprint density at radius 1 is 1.10 bits per heavy atom. The quantitative estimate of drug-likeness (QED) is 0.704. The molecule has 0 atom stereocenters. The highest BCUT2D eigenvalue weighted by Crippen LogP contribution is 2.27. The average molecular weight is 281 g/mol. The first kappa shape index (κ1) is 12.9. The molecule has 0 saturated heterocycles. The average Bonchev–Trinajstić information content (AvgIpc) is 2.47. The van der Waals surface area contributed by atoms with Gasteiger partial charge in [-0.1, -0.05) is 12.1 Å². The highest BCUT2D eigenvalue weighted by Gasteiger charge is 2.11. The Labute approximate surface area is 119 Å². The fraction of sp³-hybridized carbons (Fsp3) is 0. The van der Waals surface area contributed by atoms with Gasteiger partial charge in [0.15, 0.2) is 5.43 Å². The van der Waals surface area contributed by atoms with Crippen molar-refractivity contribution in [1.82, 2.24) is 0 Å². The number of benzene rings is 2. The number of carboxylic acid groups (broad SMARTS) is 1.